The number of carbonyl (C=O) groups excluding carboxylic acids is 3. The molecule has 6 nitrogen and oxygen atoms in total. The topological polar surface area (TPSA) is 78.9 Å². The second kappa shape index (κ2) is 46.9. The van der Waals surface area contributed by atoms with Crippen LogP contribution in [-0.4, -0.2) is 37.2 Å². The van der Waals surface area contributed by atoms with Gasteiger partial charge in [0.2, 0.25) is 0 Å². The molecule has 60 heavy (non-hydrogen) atoms. The van der Waals surface area contributed by atoms with E-state index in [-0.39, 0.29) is 31.1 Å². The first kappa shape index (κ1) is 58.4. The summed E-state index contributed by atoms with van der Waals surface area (Å²) in [7, 11) is 0. The maximum Gasteiger partial charge on any atom is 0.306 e. The number of rotatable bonds is 48. The predicted molar refractivity (Wildman–Crippen MR) is 256 cm³/mol. The first-order chi connectivity index (χ1) is 29.2. The summed E-state index contributed by atoms with van der Waals surface area (Å²) < 4.78 is 16.8. The maximum atomic E-state index is 12.8. The Morgan fingerprint density at radius 3 is 0.817 bits per heavy atom. The lowest BCUT2D eigenvalue weighted by Crippen LogP contribution is -2.30. The first-order valence-corrected chi connectivity index (χ1v) is 26.7. The molecule has 1 atom stereocenters. The molecule has 0 fully saturated rings. The van der Waals surface area contributed by atoms with E-state index in [1.807, 2.05) is 0 Å². The molecule has 0 heterocycles. The maximum absolute atomic E-state index is 12.8. The van der Waals surface area contributed by atoms with Crippen molar-refractivity contribution in [1.82, 2.24) is 0 Å². The van der Waals surface area contributed by atoms with E-state index < -0.39 is 6.10 Å². The monoisotopic (exact) mass is 849 g/mol. The van der Waals surface area contributed by atoms with Crippen molar-refractivity contribution in [3.8, 4) is 0 Å². The summed E-state index contributed by atoms with van der Waals surface area (Å²) in [5.41, 5.74) is 0. The molecule has 0 aliphatic carbocycles. The zero-order valence-electron chi connectivity index (χ0n) is 41.1. The van der Waals surface area contributed by atoms with Gasteiger partial charge < -0.3 is 14.2 Å². The van der Waals surface area contributed by atoms with Crippen molar-refractivity contribution in [3.63, 3.8) is 0 Å². The molecule has 0 unspecified atom stereocenters. The molecule has 0 rings (SSSR count). The van der Waals surface area contributed by atoms with Crippen LogP contribution >= 0.6 is 0 Å². The molecule has 0 aliphatic heterocycles. The van der Waals surface area contributed by atoms with Crippen molar-refractivity contribution >= 4 is 17.9 Å². The lowest BCUT2D eigenvalue weighted by Gasteiger charge is -2.18. The van der Waals surface area contributed by atoms with Gasteiger partial charge in [-0.25, -0.2) is 0 Å². The van der Waals surface area contributed by atoms with Gasteiger partial charge in [-0.1, -0.05) is 259 Å². The molecule has 0 N–H and O–H groups in total. The van der Waals surface area contributed by atoms with Crippen LogP contribution in [0.4, 0.5) is 0 Å². The zero-order valence-corrected chi connectivity index (χ0v) is 41.1. The standard InChI is InChI=1S/C54H104O6/c1-6-7-8-9-10-11-12-19-25-31-36-41-46-54(57)60-51(48-59-53(56)45-40-35-30-26-21-23-28-33-38-43-50(4)5)47-58-52(55)44-39-34-29-24-20-17-15-13-14-16-18-22-27-32-37-42-49(2)3/h49-51H,6-48H2,1-5H3/t51-/m0/s1. The van der Waals surface area contributed by atoms with Gasteiger partial charge in [0.05, 0.1) is 0 Å². The molecule has 6 heteroatoms. The van der Waals surface area contributed by atoms with Crippen LogP contribution in [0.3, 0.4) is 0 Å². The fourth-order valence-corrected chi connectivity index (χ4v) is 8.17. The molecule has 0 saturated heterocycles. The Hall–Kier alpha value is -1.59. The number of ether oxygens (including phenoxy) is 3. The van der Waals surface area contributed by atoms with Crippen LogP contribution in [-0.2, 0) is 28.6 Å². The third-order valence-electron chi connectivity index (χ3n) is 12.2. The van der Waals surface area contributed by atoms with Gasteiger partial charge in [-0.15, -0.1) is 0 Å². The van der Waals surface area contributed by atoms with Crippen LogP contribution < -0.4 is 0 Å². The van der Waals surface area contributed by atoms with Crippen LogP contribution in [0.15, 0.2) is 0 Å². The third-order valence-corrected chi connectivity index (χ3v) is 12.2. The first-order valence-electron chi connectivity index (χ1n) is 26.7. The Bertz CT molecular complexity index is 916. The second-order valence-electron chi connectivity index (χ2n) is 19.5. The zero-order chi connectivity index (χ0) is 44.0. The van der Waals surface area contributed by atoms with Crippen molar-refractivity contribution in [2.45, 2.75) is 304 Å². The molecule has 0 radical (unpaired) electrons. The predicted octanol–water partition coefficient (Wildman–Crippen LogP) is 17.3. The highest BCUT2D eigenvalue weighted by atomic mass is 16.6. The smallest absolute Gasteiger partial charge is 0.306 e. The summed E-state index contributed by atoms with van der Waals surface area (Å²) >= 11 is 0. The summed E-state index contributed by atoms with van der Waals surface area (Å²) in [6.45, 7) is 11.4. The minimum absolute atomic E-state index is 0.0634. The van der Waals surface area contributed by atoms with Crippen molar-refractivity contribution in [1.29, 1.82) is 0 Å². The van der Waals surface area contributed by atoms with Crippen molar-refractivity contribution in [2.24, 2.45) is 11.8 Å². The molecule has 0 bridgehead atoms. The minimum Gasteiger partial charge on any atom is -0.462 e. The number of hydrogen-bond donors (Lipinski definition) is 0. The van der Waals surface area contributed by atoms with Crippen LogP contribution in [0.1, 0.15) is 298 Å². The van der Waals surface area contributed by atoms with Gasteiger partial charge in [0.15, 0.2) is 6.10 Å². The second-order valence-corrected chi connectivity index (χ2v) is 19.5. The lowest BCUT2D eigenvalue weighted by atomic mass is 10.0. The van der Waals surface area contributed by atoms with Gasteiger partial charge in [-0.2, -0.15) is 0 Å². The van der Waals surface area contributed by atoms with Gasteiger partial charge in [-0.3, -0.25) is 14.4 Å². The third kappa shape index (κ3) is 47.5. The van der Waals surface area contributed by atoms with E-state index in [1.165, 1.54) is 186 Å². The highest BCUT2D eigenvalue weighted by Gasteiger charge is 2.19. The van der Waals surface area contributed by atoms with Crippen molar-refractivity contribution in [2.75, 3.05) is 13.2 Å². The van der Waals surface area contributed by atoms with Gasteiger partial charge >= 0.3 is 17.9 Å². The highest BCUT2D eigenvalue weighted by Crippen LogP contribution is 2.17. The van der Waals surface area contributed by atoms with Gasteiger partial charge in [0.25, 0.3) is 0 Å². The van der Waals surface area contributed by atoms with Gasteiger partial charge in [0.1, 0.15) is 13.2 Å². The van der Waals surface area contributed by atoms with Crippen LogP contribution in [0.25, 0.3) is 0 Å². The largest absolute Gasteiger partial charge is 0.462 e. The average Bonchev–Trinajstić information content (AvgIpc) is 3.22. The molecule has 0 spiro atoms. The highest BCUT2D eigenvalue weighted by molar-refractivity contribution is 5.71. The normalized spacial score (nSPS) is 12.1. The van der Waals surface area contributed by atoms with E-state index in [0.717, 1.165) is 69.6 Å². The molecule has 356 valence electrons. The summed E-state index contributed by atoms with van der Waals surface area (Å²) in [4.78, 5) is 38.0. The molecule has 0 saturated carbocycles. The Balaban J connectivity index is 4.27. The minimum atomic E-state index is -0.761. The number of esters is 3. The van der Waals surface area contributed by atoms with E-state index in [1.54, 1.807) is 0 Å². The summed E-state index contributed by atoms with van der Waals surface area (Å²) in [5, 5.41) is 0. The summed E-state index contributed by atoms with van der Waals surface area (Å²) in [5.74, 6) is 0.811. The molecule has 0 aromatic carbocycles. The van der Waals surface area contributed by atoms with Crippen molar-refractivity contribution < 1.29 is 28.6 Å². The fraction of sp³-hybridized carbons (Fsp3) is 0.944. The number of unbranched alkanes of at least 4 members (excludes halogenated alkanes) is 33. The number of carbonyl (C=O) groups is 3. The molecule has 0 aromatic heterocycles. The quantitative estimate of drug-likeness (QED) is 0.0345. The SMILES string of the molecule is CCCCCCCCCCCCCCC(=O)O[C@@H](COC(=O)CCCCCCCCCCCCCCCCCC(C)C)COC(=O)CCCCCCCCCCCC(C)C. The van der Waals surface area contributed by atoms with Crippen LogP contribution in [0, 0.1) is 11.8 Å². The fourth-order valence-electron chi connectivity index (χ4n) is 8.17. The van der Waals surface area contributed by atoms with Gasteiger partial charge in [0, 0.05) is 19.3 Å². The Morgan fingerprint density at radius 2 is 0.550 bits per heavy atom. The molecule has 0 aromatic rings. The van der Waals surface area contributed by atoms with Crippen molar-refractivity contribution in [3.05, 3.63) is 0 Å². The van der Waals surface area contributed by atoms with E-state index in [0.29, 0.717) is 19.3 Å². The summed E-state index contributed by atoms with van der Waals surface area (Å²) in [6, 6.07) is 0. The van der Waals surface area contributed by atoms with E-state index >= 15 is 0 Å². The lowest BCUT2D eigenvalue weighted by molar-refractivity contribution is -0.167. The van der Waals surface area contributed by atoms with Gasteiger partial charge in [-0.05, 0) is 31.1 Å². The van der Waals surface area contributed by atoms with E-state index in [9.17, 15) is 14.4 Å². The molecule has 0 aliphatic rings. The molecular formula is C54H104O6. The van der Waals surface area contributed by atoms with E-state index in [4.69, 9.17) is 14.2 Å². The Labute approximate surface area is 374 Å². The van der Waals surface area contributed by atoms with Crippen LogP contribution in [0.5, 0.6) is 0 Å². The average molecular weight is 849 g/mol. The summed E-state index contributed by atoms with van der Waals surface area (Å²) in [6.07, 6.45) is 48.0. The molecular weight excluding hydrogens is 745 g/mol. The number of hydrogen-bond acceptors (Lipinski definition) is 6. The molecule has 0 amide bonds. The van der Waals surface area contributed by atoms with Crippen LogP contribution in [0.2, 0.25) is 0 Å². The Morgan fingerprint density at radius 1 is 0.317 bits per heavy atom. The van der Waals surface area contributed by atoms with E-state index in [2.05, 4.69) is 34.6 Å². The Kier molecular flexibility index (Phi) is 45.7.